The van der Waals surface area contributed by atoms with Gasteiger partial charge in [-0.05, 0) is 34.1 Å². The zero-order chi connectivity index (χ0) is 15.6. The molecule has 0 bridgehead atoms. The molecule has 0 fully saturated rings. The Labute approximate surface area is 128 Å². The van der Waals surface area contributed by atoms with Crippen LogP contribution < -0.4 is 5.14 Å². The van der Waals surface area contributed by atoms with Crippen molar-refractivity contribution in [3.05, 3.63) is 40.0 Å². The topological polar surface area (TPSA) is 125 Å². The van der Waals surface area contributed by atoms with Gasteiger partial charge in [0.15, 0.2) is 6.61 Å². The summed E-state index contributed by atoms with van der Waals surface area (Å²) >= 11 is 3.14. The first kappa shape index (κ1) is 15.6. The molecule has 10 heteroatoms. The first-order chi connectivity index (χ1) is 9.77. The quantitative estimate of drug-likeness (QED) is 0.793. The fourth-order valence-corrected chi connectivity index (χ4v) is 2.39. The smallest absolute Gasteiger partial charge is 0.339 e. The first-order valence-corrected chi connectivity index (χ1v) is 7.90. The van der Waals surface area contributed by atoms with Crippen molar-refractivity contribution in [2.24, 2.45) is 5.14 Å². The van der Waals surface area contributed by atoms with Crippen LogP contribution in [0, 0.1) is 6.92 Å². The Morgan fingerprint density at radius 2 is 2.14 bits per heavy atom. The van der Waals surface area contributed by atoms with E-state index in [9.17, 15) is 13.2 Å². The lowest BCUT2D eigenvalue weighted by Crippen LogP contribution is -2.14. The van der Waals surface area contributed by atoms with Crippen molar-refractivity contribution < 1.29 is 22.4 Å². The summed E-state index contributed by atoms with van der Waals surface area (Å²) in [5, 5.41) is 12.3. The molecule has 2 aromatic rings. The molecule has 0 aliphatic rings. The molecule has 0 aliphatic carbocycles. The minimum absolute atomic E-state index is 0.0257. The van der Waals surface area contributed by atoms with E-state index in [0.29, 0.717) is 10.4 Å². The van der Waals surface area contributed by atoms with E-state index in [0.717, 1.165) is 6.07 Å². The van der Waals surface area contributed by atoms with Gasteiger partial charge in [0.25, 0.3) is 5.89 Å². The van der Waals surface area contributed by atoms with Crippen LogP contribution in [-0.2, 0) is 21.4 Å². The molecule has 8 nitrogen and oxygen atoms in total. The number of nitrogens with two attached hydrogens (primary N) is 1. The molecule has 2 rings (SSSR count). The predicted molar refractivity (Wildman–Crippen MR) is 73.7 cm³/mol. The van der Waals surface area contributed by atoms with Gasteiger partial charge in [-0.2, -0.15) is 0 Å². The SMILES string of the molecule is Cc1nnc(COC(=O)c2cc(S(N)(=O)=O)ccc2Br)o1. The number of benzene rings is 1. The van der Waals surface area contributed by atoms with Crippen LogP contribution in [0.4, 0.5) is 0 Å². The second-order valence-corrected chi connectivity index (χ2v) is 6.39. The molecule has 0 saturated carbocycles. The Morgan fingerprint density at radius 1 is 1.43 bits per heavy atom. The first-order valence-electron chi connectivity index (χ1n) is 5.56. The van der Waals surface area contributed by atoms with Crippen LogP contribution in [0.15, 0.2) is 32.0 Å². The zero-order valence-electron chi connectivity index (χ0n) is 10.7. The fourth-order valence-electron chi connectivity index (χ4n) is 1.44. The largest absolute Gasteiger partial charge is 0.452 e. The monoisotopic (exact) mass is 375 g/mol. The third-order valence-electron chi connectivity index (χ3n) is 2.38. The van der Waals surface area contributed by atoms with E-state index in [-0.39, 0.29) is 23.0 Å². The average molecular weight is 376 g/mol. The molecule has 0 aliphatic heterocycles. The number of aromatic nitrogens is 2. The van der Waals surface area contributed by atoms with E-state index >= 15 is 0 Å². The van der Waals surface area contributed by atoms with Gasteiger partial charge in [0.1, 0.15) is 0 Å². The van der Waals surface area contributed by atoms with Crippen molar-refractivity contribution in [3.63, 3.8) is 0 Å². The predicted octanol–water partition coefficient (Wildman–Crippen LogP) is 1.14. The summed E-state index contributed by atoms with van der Waals surface area (Å²) in [5.41, 5.74) is 0.0257. The van der Waals surface area contributed by atoms with E-state index in [1.807, 2.05) is 0 Å². The number of aryl methyl sites for hydroxylation is 1. The highest BCUT2D eigenvalue weighted by Crippen LogP contribution is 2.21. The lowest BCUT2D eigenvalue weighted by Gasteiger charge is -2.06. The van der Waals surface area contributed by atoms with Gasteiger partial charge in [-0.1, -0.05) is 0 Å². The summed E-state index contributed by atoms with van der Waals surface area (Å²) < 4.78 is 33.0. The molecule has 0 unspecified atom stereocenters. The number of carbonyl (C=O) groups excluding carboxylic acids is 1. The highest BCUT2D eigenvalue weighted by Gasteiger charge is 2.17. The standard InChI is InChI=1S/C11H10BrN3O5S/c1-6-14-15-10(20-6)5-19-11(16)8-4-7(21(13,17)18)2-3-9(8)12/h2-4H,5H2,1H3,(H2,13,17,18). The van der Waals surface area contributed by atoms with E-state index in [2.05, 4.69) is 26.1 Å². The normalized spacial score (nSPS) is 11.4. The van der Waals surface area contributed by atoms with Gasteiger partial charge in [-0.3, -0.25) is 0 Å². The third kappa shape index (κ3) is 3.86. The third-order valence-corrected chi connectivity index (χ3v) is 3.98. The number of esters is 1. The molecule has 2 N–H and O–H groups in total. The van der Waals surface area contributed by atoms with Gasteiger partial charge in [-0.15, -0.1) is 10.2 Å². The van der Waals surface area contributed by atoms with Crippen LogP contribution in [0.3, 0.4) is 0 Å². The Balaban J connectivity index is 2.18. The minimum Gasteiger partial charge on any atom is -0.452 e. The molecule has 21 heavy (non-hydrogen) atoms. The van der Waals surface area contributed by atoms with E-state index in [4.69, 9.17) is 14.3 Å². The summed E-state index contributed by atoms with van der Waals surface area (Å²) in [6.07, 6.45) is 0. The minimum atomic E-state index is -3.91. The van der Waals surface area contributed by atoms with Crippen LogP contribution >= 0.6 is 15.9 Å². The molecule has 1 aromatic carbocycles. The molecule has 0 radical (unpaired) electrons. The molecule has 0 spiro atoms. The van der Waals surface area contributed by atoms with Crippen molar-refractivity contribution in [3.8, 4) is 0 Å². The van der Waals surface area contributed by atoms with Crippen molar-refractivity contribution in [1.29, 1.82) is 0 Å². The van der Waals surface area contributed by atoms with E-state index < -0.39 is 16.0 Å². The molecule has 0 saturated heterocycles. The van der Waals surface area contributed by atoms with Gasteiger partial charge in [-0.25, -0.2) is 18.4 Å². The second kappa shape index (κ2) is 5.92. The molecule has 1 heterocycles. The number of rotatable bonds is 4. The highest BCUT2D eigenvalue weighted by molar-refractivity contribution is 9.10. The molecular formula is C11H10BrN3O5S. The molecule has 0 atom stereocenters. The van der Waals surface area contributed by atoms with Crippen LogP contribution in [-0.4, -0.2) is 24.6 Å². The van der Waals surface area contributed by atoms with Crippen molar-refractivity contribution >= 4 is 31.9 Å². The number of primary sulfonamides is 1. The van der Waals surface area contributed by atoms with Crippen LogP contribution in [0.2, 0.25) is 0 Å². The lowest BCUT2D eigenvalue weighted by molar-refractivity contribution is 0.0435. The number of sulfonamides is 1. The van der Waals surface area contributed by atoms with Gasteiger partial charge >= 0.3 is 5.97 Å². The second-order valence-electron chi connectivity index (χ2n) is 3.98. The Morgan fingerprint density at radius 3 is 2.71 bits per heavy atom. The average Bonchev–Trinajstić information content (AvgIpc) is 2.81. The molecule has 112 valence electrons. The maximum absolute atomic E-state index is 11.9. The number of carbonyl (C=O) groups is 1. The summed E-state index contributed by atoms with van der Waals surface area (Å²) in [5.74, 6) is -0.263. The summed E-state index contributed by atoms with van der Waals surface area (Å²) in [6.45, 7) is 1.39. The maximum atomic E-state index is 11.9. The number of nitrogens with zero attached hydrogens (tertiary/aromatic N) is 2. The number of hydrogen-bond acceptors (Lipinski definition) is 7. The van der Waals surface area contributed by atoms with E-state index in [1.54, 1.807) is 6.92 Å². The van der Waals surface area contributed by atoms with Gasteiger partial charge in [0.05, 0.1) is 10.5 Å². The molecular weight excluding hydrogens is 366 g/mol. The fraction of sp³-hybridized carbons (Fsp3) is 0.182. The van der Waals surface area contributed by atoms with Crippen LogP contribution in [0.5, 0.6) is 0 Å². The summed E-state index contributed by atoms with van der Waals surface area (Å²) in [6, 6.07) is 3.80. The van der Waals surface area contributed by atoms with Gasteiger partial charge < -0.3 is 9.15 Å². The summed E-state index contributed by atoms with van der Waals surface area (Å²) in [4.78, 5) is 11.8. The summed E-state index contributed by atoms with van der Waals surface area (Å²) in [7, 11) is -3.91. The Kier molecular flexibility index (Phi) is 4.40. The zero-order valence-corrected chi connectivity index (χ0v) is 13.1. The number of halogens is 1. The number of hydrogen-bond donors (Lipinski definition) is 1. The van der Waals surface area contributed by atoms with Gasteiger partial charge in [0, 0.05) is 11.4 Å². The van der Waals surface area contributed by atoms with Crippen molar-refractivity contribution in [2.75, 3.05) is 0 Å². The van der Waals surface area contributed by atoms with Crippen molar-refractivity contribution in [1.82, 2.24) is 10.2 Å². The lowest BCUT2D eigenvalue weighted by atomic mass is 10.2. The number of ether oxygens (including phenoxy) is 1. The maximum Gasteiger partial charge on any atom is 0.339 e. The van der Waals surface area contributed by atoms with Gasteiger partial charge in [0.2, 0.25) is 15.9 Å². The van der Waals surface area contributed by atoms with Crippen molar-refractivity contribution in [2.45, 2.75) is 18.4 Å². The van der Waals surface area contributed by atoms with Crippen LogP contribution in [0.25, 0.3) is 0 Å². The highest BCUT2D eigenvalue weighted by atomic mass is 79.9. The van der Waals surface area contributed by atoms with Crippen LogP contribution in [0.1, 0.15) is 22.1 Å². The van der Waals surface area contributed by atoms with E-state index in [1.165, 1.54) is 12.1 Å². The Hall–Kier alpha value is -1.78. The Bertz CT molecular complexity index is 787. The molecule has 1 aromatic heterocycles. The molecule has 0 amide bonds.